The van der Waals surface area contributed by atoms with E-state index in [4.69, 9.17) is 0 Å². The second-order valence-electron chi connectivity index (χ2n) is 5.60. The monoisotopic (exact) mass is 274 g/mol. The SMILES string of the molecule is CC(C)c1ccccc1C(=O)c1cccc2ccccc12. The molecule has 0 saturated heterocycles. The third-order valence-corrected chi connectivity index (χ3v) is 3.86. The van der Waals surface area contributed by atoms with E-state index >= 15 is 0 Å². The summed E-state index contributed by atoms with van der Waals surface area (Å²) in [6, 6.07) is 21.9. The first-order chi connectivity index (χ1) is 10.2. The van der Waals surface area contributed by atoms with Crippen LogP contribution >= 0.6 is 0 Å². The van der Waals surface area contributed by atoms with Crippen LogP contribution in [-0.4, -0.2) is 5.78 Å². The second kappa shape index (κ2) is 5.53. The van der Waals surface area contributed by atoms with E-state index in [-0.39, 0.29) is 5.78 Å². The average Bonchev–Trinajstić information content (AvgIpc) is 2.53. The normalized spacial score (nSPS) is 11.0. The van der Waals surface area contributed by atoms with Crippen LogP contribution in [0.2, 0.25) is 0 Å². The molecule has 0 spiro atoms. The number of hydrogen-bond acceptors (Lipinski definition) is 1. The van der Waals surface area contributed by atoms with E-state index in [0.29, 0.717) is 5.92 Å². The molecular formula is C20H18O. The number of ketones is 1. The molecule has 3 aromatic rings. The van der Waals surface area contributed by atoms with Crippen molar-refractivity contribution < 1.29 is 4.79 Å². The van der Waals surface area contributed by atoms with Gasteiger partial charge in [0.05, 0.1) is 0 Å². The van der Waals surface area contributed by atoms with Gasteiger partial charge in [0.15, 0.2) is 5.78 Å². The maximum atomic E-state index is 13.0. The van der Waals surface area contributed by atoms with Crippen LogP contribution in [0.15, 0.2) is 66.7 Å². The zero-order chi connectivity index (χ0) is 14.8. The van der Waals surface area contributed by atoms with Crippen molar-refractivity contribution in [2.24, 2.45) is 0 Å². The molecule has 3 aromatic carbocycles. The summed E-state index contributed by atoms with van der Waals surface area (Å²) in [6.45, 7) is 4.24. The number of hydrogen-bond donors (Lipinski definition) is 0. The van der Waals surface area contributed by atoms with E-state index in [1.54, 1.807) is 0 Å². The van der Waals surface area contributed by atoms with Gasteiger partial charge in [-0.3, -0.25) is 4.79 Å². The largest absolute Gasteiger partial charge is 0.289 e. The molecule has 1 nitrogen and oxygen atoms in total. The van der Waals surface area contributed by atoms with Gasteiger partial charge >= 0.3 is 0 Å². The van der Waals surface area contributed by atoms with E-state index in [9.17, 15) is 4.79 Å². The lowest BCUT2D eigenvalue weighted by Gasteiger charge is -2.13. The fourth-order valence-corrected chi connectivity index (χ4v) is 2.78. The van der Waals surface area contributed by atoms with E-state index in [0.717, 1.165) is 27.5 Å². The Labute approximate surface area is 125 Å². The zero-order valence-corrected chi connectivity index (χ0v) is 12.3. The average molecular weight is 274 g/mol. The van der Waals surface area contributed by atoms with Gasteiger partial charge in [-0.15, -0.1) is 0 Å². The summed E-state index contributed by atoms with van der Waals surface area (Å²) in [5, 5.41) is 2.12. The molecule has 0 bridgehead atoms. The van der Waals surface area contributed by atoms with Crippen molar-refractivity contribution in [3.63, 3.8) is 0 Å². The lowest BCUT2D eigenvalue weighted by molar-refractivity contribution is 0.103. The van der Waals surface area contributed by atoms with Crippen LogP contribution in [0.3, 0.4) is 0 Å². The molecule has 0 atom stereocenters. The molecule has 1 heteroatoms. The number of rotatable bonds is 3. The van der Waals surface area contributed by atoms with Crippen molar-refractivity contribution >= 4 is 16.6 Å². The summed E-state index contributed by atoms with van der Waals surface area (Å²) in [5.74, 6) is 0.441. The van der Waals surface area contributed by atoms with Crippen LogP contribution in [0.4, 0.5) is 0 Å². The molecule has 104 valence electrons. The fraction of sp³-hybridized carbons (Fsp3) is 0.150. The number of carbonyl (C=O) groups is 1. The Hall–Kier alpha value is -2.41. The maximum absolute atomic E-state index is 13.0. The minimum Gasteiger partial charge on any atom is -0.289 e. The minimum absolute atomic E-state index is 0.108. The Balaban J connectivity index is 2.18. The lowest BCUT2D eigenvalue weighted by Crippen LogP contribution is -2.07. The minimum atomic E-state index is 0.108. The van der Waals surface area contributed by atoms with Gasteiger partial charge in [0.1, 0.15) is 0 Å². The first-order valence-electron chi connectivity index (χ1n) is 7.30. The van der Waals surface area contributed by atoms with Crippen molar-refractivity contribution in [1.29, 1.82) is 0 Å². The molecule has 0 aromatic heterocycles. The van der Waals surface area contributed by atoms with Crippen molar-refractivity contribution in [3.8, 4) is 0 Å². The third-order valence-electron chi connectivity index (χ3n) is 3.86. The van der Waals surface area contributed by atoms with E-state index < -0.39 is 0 Å². The molecule has 0 saturated carbocycles. The summed E-state index contributed by atoms with van der Waals surface area (Å²) in [7, 11) is 0. The van der Waals surface area contributed by atoms with E-state index in [2.05, 4.69) is 13.8 Å². The standard InChI is InChI=1S/C20H18O/c1-14(2)16-10-5-6-12-18(16)20(21)19-13-7-9-15-8-3-4-11-17(15)19/h3-14H,1-2H3. The van der Waals surface area contributed by atoms with Gasteiger partial charge in [0.25, 0.3) is 0 Å². The zero-order valence-electron chi connectivity index (χ0n) is 12.3. The summed E-state index contributed by atoms with van der Waals surface area (Å²) in [4.78, 5) is 13.0. The number of carbonyl (C=O) groups excluding carboxylic acids is 1. The molecular weight excluding hydrogens is 256 g/mol. The smallest absolute Gasteiger partial charge is 0.193 e. The highest BCUT2D eigenvalue weighted by Crippen LogP contribution is 2.25. The molecule has 0 unspecified atom stereocenters. The molecule has 0 aliphatic heterocycles. The molecule has 0 aliphatic carbocycles. The number of benzene rings is 3. The molecule has 0 aliphatic rings. The van der Waals surface area contributed by atoms with Crippen molar-refractivity contribution in [3.05, 3.63) is 83.4 Å². The Morgan fingerprint density at radius 3 is 2.19 bits per heavy atom. The fourth-order valence-electron chi connectivity index (χ4n) is 2.78. The van der Waals surface area contributed by atoms with Gasteiger partial charge < -0.3 is 0 Å². The highest BCUT2D eigenvalue weighted by atomic mass is 16.1. The lowest BCUT2D eigenvalue weighted by atomic mass is 9.90. The summed E-state index contributed by atoms with van der Waals surface area (Å²) >= 11 is 0. The summed E-state index contributed by atoms with van der Waals surface area (Å²) < 4.78 is 0. The van der Waals surface area contributed by atoms with Crippen LogP contribution in [0.25, 0.3) is 10.8 Å². The molecule has 0 heterocycles. The van der Waals surface area contributed by atoms with Gasteiger partial charge in [0, 0.05) is 11.1 Å². The highest BCUT2D eigenvalue weighted by molar-refractivity contribution is 6.17. The van der Waals surface area contributed by atoms with Crippen LogP contribution in [-0.2, 0) is 0 Å². The molecule has 3 rings (SSSR count). The highest BCUT2D eigenvalue weighted by Gasteiger charge is 2.16. The number of fused-ring (bicyclic) bond motifs is 1. The van der Waals surface area contributed by atoms with Crippen molar-refractivity contribution in [2.45, 2.75) is 19.8 Å². The third kappa shape index (κ3) is 2.47. The molecule has 0 fully saturated rings. The first kappa shape index (κ1) is 13.6. The summed E-state index contributed by atoms with van der Waals surface area (Å²) in [5.41, 5.74) is 2.69. The van der Waals surface area contributed by atoms with Gasteiger partial charge in [-0.1, -0.05) is 80.6 Å². The quantitative estimate of drug-likeness (QED) is 0.600. The summed E-state index contributed by atoms with van der Waals surface area (Å²) in [6.07, 6.45) is 0. The predicted molar refractivity (Wildman–Crippen MR) is 87.9 cm³/mol. The molecule has 0 N–H and O–H groups in total. The van der Waals surface area contributed by atoms with E-state index in [1.165, 1.54) is 0 Å². The Bertz CT molecular complexity index is 794. The van der Waals surface area contributed by atoms with Gasteiger partial charge in [-0.25, -0.2) is 0 Å². The first-order valence-corrected chi connectivity index (χ1v) is 7.30. The van der Waals surface area contributed by atoms with Gasteiger partial charge in [-0.2, -0.15) is 0 Å². The maximum Gasteiger partial charge on any atom is 0.193 e. The van der Waals surface area contributed by atoms with Crippen LogP contribution < -0.4 is 0 Å². The van der Waals surface area contributed by atoms with Crippen molar-refractivity contribution in [1.82, 2.24) is 0 Å². The Morgan fingerprint density at radius 2 is 1.38 bits per heavy atom. The van der Waals surface area contributed by atoms with Crippen LogP contribution in [0.1, 0.15) is 41.3 Å². The van der Waals surface area contributed by atoms with E-state index in [1.807, 2.05) is 66.7 Å². The Kier molecular flexibility index (Phi) is 3.57. The second-order valence-corrected chi connectivity index (χ2v) is 5.60. The molecule has 0 amide bonds. The van der Waals surface area contributed by atoms with Gasteiger partial charge in [-0.05, 0) is 22.3 Å². The topological polar surface area (TPSA) is 17.1 Å². The molecule has 21 heavy (non-hydrogen) atoms. The Morgan fingerprint density at radius 1 is 0.762 bits per heavy atom. The van der Waals surface area contributed by atoms with Crippen molar-refractivity contribution in [2.75, 3.05) is 0 Å². The van der Waals surface area contributed by atoms with Crippen LogP contribution in [0.5, 0.6) is 0 Å². The predicted octanol–water partition coefficient (Wildman–Crippen LogP) is 5.19. The molecule has 0 radical (unpaired) electrons. The van der Waals surface area contributed by atoms with Crippen LogP contribution in [0, 0.1) is 0 Å². The van der Waals surface area contributed by atoms with Gasteiger partial charge in [0.2, 0.25) is 0 Å².